The van der Waals surface area contributed by atoms with Gasteiger partial charge in [0.2, 0.25) is 5.91 Å². The van der Waals surface area contributed by atoms with Gasteiger partial charge in [0.25, 0.3) is 5.91 Å². The standard InChI is InChI=1S/C22H30N4O2S/c1-3-25-10-12-26(13-11-25)19-6-7-20(17(2)15-19)24-21(27)5-4-9-23-22(28)18-8-14-29-16-18/h6-8,14-16H,3-5,9-13H2,1-2H3,(H,23,28)(H,24,27). The highest BCUT2D eigenvalue weighted by atomic mass is 32.1. The lowest BCUT2D eigenvalue weighted by Crippen LogP contribution is -2.46. The van der Waals surface area contributed by atoms with Gasteiger partial charge >= 0.3 is 0 Å². The van der Waals surface area contributed by atoms with E-state index in [4.69, 9.17) is 0 Å². The van der Waals surface area contributed by atoms with Crippen molar-refractivity contribution in [1.82, 2.24) is 10.2 Å². The second kappa shape index (κ2) is 10.4. The number of carbonyl (C=O) groups excluding carboxylic acids is 2. The molecule has 0 spiro atoms. The first-order valence-electron chi connectivity index (χ1n) is 10.2. The summed E-state index contributed by atoms with van der Waals surface area (Å²) >= 11 is 1.50. The van der Waals surface area contributed by atoms with Crippen molar-refractivity contribution >= 4 is 34.5 Å². The van der Waals surface area contributed by atoms with Crippen LogP contribution in [0.1, 0.15) is 35.7 Å². The van der Waals surface area contributed by atoms with Gasteiger partial charge in [-0.3, -0.25) is 9.59 Å². The zero-order chi connectivity index (χ0) is 20.6. The number of piperazine rings is 1. The molecule has 156 valence electrons. The molecule has 6 nitrogen and oxygen atoms in total. The Morgan fingerprint density at radius 1 is 1.14 bits per heavy atom. The van der Waals surface area contributed by atoms with Gasteiger partial charge in [-0.2, -0.15) is 11.3 Å². The molecule has 0 atom stereocenters. The lowest BCUT2D eigenvalue weighted by Gasteiger charge is -2.35. The van der Waals surface area contributed by atoms with Crippen LogP contribution in [0.2, 0.25) is 0 Å². The van der Waals surface area contributed by atoms with Gasteiger partial charge in [-0.15, -0.1) is 0 Å². The number of nitrogens with zero attached hydrogens (tertiary/aromatic N) is 2. The summed E-state index contributed by atoms with van der Waals surface area (Å²) in [5, 5.41) is 9.53. The first-order chi connectivity index (χ1) is 14.1. The van der Waals surface area contributed by atoms with Crippen LogP contribution in [-0.4, -0.2) is 56.0 Å². The topological polar surface area (TPSA) is 64.7 Å². The van der Waals surface area contributed by atoms with Gasteiger partial charge in [-0.05, 0) is 55.1 Å². The van der Waals surface area contributed by atoms with Crippen LogP contribution in [0.4, 0.5) is 11.4 Å². The number of thiophene rings is 1. The quantitative estimate of drug-likeness (QED) is 0.650. The zero-order valence-corrected chi connectivity index (χ0v) is 18.1. The first kappa shape index (κ1) is 21.3. The lowest BCUT2D eigenvalue weighted by atomic mass is 10.1. The molecule has 2 heterocycles. The molecule has 1 aliphatic heterocycles. The Balaban J connectivity index is 1.42. The molecule has 0 aliphatic carbocycles. The number of anilines is 2. The SMILES string of the molecule is CCN1CCN(c2ccc(NC(=O)CCCNC(=O)c3ccsc3)c(C)c2)CC1. The normalized spacial score (nSPS) is 14.6. The fourth-order valence-electron chi connectivity index (χ4n) is 3.47. The van der Waals surface area contributed by atoms with E-state index in [9.17, 15) is 9.59 Å². The lowest BCUT2D eigenvalue weighted by molar-refractivity contribution is -0.116. The molecule has 0 saturated carbocycles. The number of benzene rings is 1. The van der Waals surface area contributed by atoms with Gasteiger partial charge in [0.1, 0.15) is 0 Å². The fraction of sp³-hybridized carbons (Fsp3) is 0.455. The van der Waals surface area contributed by atoms with E-state index < -0.39 is 0 Å². The molecule has 2 aromatic rings. The second-order valence-corrected chi connectivity index (χ2v) is 8.12. The maximum Gasteiger partial charge on any atom is 0.252 e. The van der Waals surface area contributed by atoms with Gasteiger partial charge < -0.3 is 20.4 Å². The van der Waals surface area contributed by atoms with Gasteiger partial charge in [0.15, 0.2) is 0 Å². The number of amides is 2. The summed E-state index contributed by atoms with van der Waals surface area (Å²) in [6, 6.07) is 8.03. The Bertz CT molecular complexity index is 814. The van der Waals surface area contributed by atoms with Crippen molar-refractivity contribution in [2.75, 3.05) is 49.5 Å². The van der Waals surface area contributed by atoms with Crippen LogP contribution in [0.3, 0.4) is 0 Å². The van der Waals surface area contributed by atoms with Crippen LogP contribution >= 0.6 is 11.3 Å². The first-order valence-corrected chi connectivity index (χ1v) is 11.2. The van der Waals surface area contributed by atoms with E-state index in [1.54, 1.807) is 6.07 Å². The van der Waals surface area contributed by atoms with Crippen molar-refractivity contribution in [2.24, 2.45) is 0 Å². The van der Waals surface area contributed by atoms with Gasteiger partial charge in [-0.1, -0.05) is 6.92 Å². The minimum atomic E-state index is -0.0853. The van der Waals surface area contributed by atoms with Gasteiger partial charge in [0, 0.05) is 61.5 Å². The highest BCUT2D eigenvalue weighted by molar-refractivity contribution is 7.08. The molecule has 1 aromatic carbocycles. The van der Waals surface area contributed by atoms with E-state index in [0.29, 0.717) is 24.9 Å². The summed E-state index contributed by atoms with van der Waals surface area (Å²) in [5.41, 5.74) is 3.81. The number of rotatable bonds is 8. The third-order valence-electron chi connectivity index (χ3n) is 5.32. The van der Waals surface area contributed by atoms with Crippen molar-refractivity contribution in [3.8, 4) is 0 Å². The number of likely N-dealkylation sites (N-methyl/N-ethyl adjacent to an activating group) is 1. The Kier molecular flexibility index (Phi) is 7.66. The molecule has 3 rings (SSSR count). The summed E-state index contributed by atoms with van der Waals surface area (Å²) in [4.78, 5) is 29.0. The van der Waals surface area contributed by atoms with E-state index in [2.05, 4.69) is 39.5 Å². The third kappa shape index (κ3) is 6.05. The van der Waals surface area contributed by atoms with Crippen LogP contribution in [0.15, 0.2) is 35.0 Å². The van der Waals surface area contributed by atoms with Gasteiger partial charge in [-0.25, -0.2) is 0 Å². The molecular formula is C22H30N4O2S. The molecule has 1 saturated heterocycles. The molecule has 0 radical (unpaired) electrons. The van der Waals surface area contributed by atoms with Crippen molar-refractivity contribution in [1.29, 1.82) is 0 Å². The van der Waals surface area contributed by atoms with Crippen molar-refractivity contribution in [2.45, 2.75) is 26.7 Å². The fourth-order valence-corrected chi connectivity index (χ4v) is 4.10. The zero-order valence-electron chi connectivity index (χ0n) is 17.2. The van der Waals surface area contributed by atoms with E-state index in [0.717, 1.165) is 44.0 Å². The average molecular weight is 415 g/mol. The summed E-state index contributed by atoms with van der Waals surface area (Å²) in [5.74, 6) is -0.111. The Morgan fingerprint density at radius 3 is 2.59 bits per heavy atom. The third-order valence-corrected chi connectivity index (χ3v) is 6.00. The van der Waals surface area contributed by atoms with Crippen LogP contribution in [-0.2, 0) is 4.79 Å². The molecule has 29 heavy (non-hydrogen) atoms. The number of hydrogen-bond donors (Lipinski definition) is 2. The predicted molar refractivity (Wildman–Crippen MR) is 120 cm³/mol. The van der Waals surface area contributed by atoms with E-state index in [-0.39, 0.29) is 11.8 Å². The molecule has 2 N–H and O–H groups in total. The summed E-state index contributed by atoms with van der Waals surface area (Å²) in [7, 11) is 0. The number of carbonyl (C=O) groups is 2. The van der Waals surface area contributed by atoms with Crippen LogP contribution < -0.4 is 15.5 Å². The molecule has 1 aliphatic rings. The molecule has 0 unspecified atom stereocenters. The number of aryl methyl sites for hydroxylation is 1. The van der Waals surface area contributed by atoms with Crippen molar-refractivity contribution in [3.05, 3.63) is 46.2 Å². The monoisotopic (exact) mass is 414 g/mol. The summed E-state index contributed by atoms with van der Waals surface area (Å²) < 4.78 is 0. The minimum Gasteiger partial charge on any atom is -0.369 e. The maximum absolute atomic E-state index is 12.3. The van der Waals surface area contributed by atoms with Crippen LogP contribution in [0.5, 0.6) is 0 Å². The van der Waals surface area contributed by atoms with E-state index in [1.807, 2.05) is 23.8 Å². The van der Waals surface area contributed by atoms with Gasteiger partial charge in [0.05, 0.1) is 0 Å². The molecule has 0 bridgehead atoms. The molecule has 2 amide bonds. The highest BCUT2D eigenvalue weighted by Crippen LogP contribution is 2.24. The molecule has 1 aromatic heterocycles. The molecular weight excluding hydrogens is 384 g/mol. The number of nitrogens with one attached hydrogen (secondary N) is 2. The summed E-state index contributed by atoms with van der Waals surface area (Å²) in [6.07, 6.45) is 0.991. The maximum atomic E-state index is 12.3. The highest BCUT2D eigenvalue weighted by Gasteiger charge is 2.16. The van der Waals surface area contributed by atoms with E-state index >= 15 is 0 Å². The Labute approximate surface area is 176 Å². The van der Waals surface area contributed by atoms with Crippen LogP contribution in [0.25, 0.3) is 0 Å². The average Bonchev–Trinajstić information content (AvgIpc) is 3.28. The largest absolute Gasteiger partial charge is 0.369 e. The Hall–Kier alpha value is -2.38. The predicted octanol–water partition coefficient (Wildman–Crippen LogP) is 3.35. The molecule has 1 fully saturated rings. The minimum absolute atomic E-state index is 0.0257. The van der Waals surface area contributed by atoms with E-state index in [1.165, 1.54) is 17.0 Å². The second-order valence-electron chi connectivity index (χ2n) is 7.34. The van der Waals surface area contributed by atoms with Crippen LogP contribution in [0, 0.1) is 6.92 Å². The molecule has 7 heteroatoms. The smallest absolute Gasteiger partial charge is 0.252 e. The van der Waals surface area contributed by atoms with Crippen molar-refractivity contribution < 1.29 is 9.59 Å². The van der Waals surface area contributed by atoms with Crippen molar-refractivity contribution in [3.63, 3.8) is 0 Å². The Morgan fingerprint density at radius 2 is 1.93 bits per heavy atom. The summed E-state index contributed by atoms with van der Waals surface area (Å²) in [6.45, 7) is 10.1. The number of hydrogen-bond acceptors (Lipinski definition) is 5.